The van der Waals surface area contributed by atoms with Gasteiger partial charge in [-0.3, -0.25) is 15.0 Å². The molecule has 0 radical (unpaired) electrons. The average Bonchev–Trinajstić information content (AvgIpc) is 3.45. The molecule has 36 heavy (non-hydrogen) atoms. The summed E-state index contributed by atoms with van der Waals surface area (Å²) < 4.78 is 14.0. The zero-order valence-corrected chi connectivity index (χ0v) is 21.4. The zero-order chi connectivity index (χ0) is 25.7. The van der Waals surface area contributed by atoms with E-state index in [1.54, 1.807) is 0 Å². The minimum Gasteiger partial charge on any atom is -0.479 e. The van der Waals surface area contributed by atoms with Gasteiger partial charge in [0.2, 0.25) is 5.88 Å². The summed E-state index contributed by atoms with van der Waals surface area (Å²) in [5, 5.41) is 22.6. The summed E-state index contributed by atoms with van der Waals surface area (Å²) in [5.41, 5.74) is 11.4. The Morgan fingerprint density at radius 1 is 1.33 bits per heavy atom. The predicted molar refractivity (Wildman–Crippen MR) is 142 cm³/mol. The molecule has 1 aliphatic rings. The normalized spacial score (nSPS) is 20.6. The van der Waals surface area contributed by atoms with Crippen LogP contribution in [0.3, 0.4) is 0 Å². The molecule has 0 spiro atoms. The van der Waals surface area contributed by atoms with Gasteiger partial charge in [-0.25, -0.2) is 4.68 Å². The van der Waals surface area contributed by atoms with Gasteiger partial charge in [0.05, 0.1) is 54.0 Å². The monoisotopic (exact) mass is 493 g/mol. The van der Waals surface area contributed by atoms with Gasteiger partial charge in [0, 0.05) is 25.0 Å². The number of fused-ring (bicyclic) bond motifs is 3. The smallest absolute Gasteiger partial charge is 0.220 e. The summed E-state index contributed by atoms with van der Waals surface area (Å²) >= 11 is 0. The van der Waals surface area contributed by atoms with Crippen LogP contribution in [0.2, 0.25) is 0 Å². The minimum absolute atomic E-state index is 0.0595. The van der Waals surface area contributed by atoms with E-state index in [2.05, 4.69) is 31.3 Å². The number of rotatable bonds is 5. The fraction of sp³-hybridized carbons (Fsp3) is 0.423. The number of aromatic amines is 1. The minimum atomic E-state index is -0.125. The van der Waals surface area contributed by atoms with Gasteiger partial charge in [0.15, 0.2) is 5.88 Å². The number of nitrogens with zero attached hydrogens (tertiary/aromatic N) is 5. The maximum Gasteiger partial charge on any atom is 0.220 e. The Bertz CT molecular complexity index is 1290. The highest BCUT2D eigenvalue weighted by Crippen LogP contribution is 2.33. The first-order valence-electron chi connectivity index (χ1n) is 12.3. The molecule has 0 amide bonds. The zero-order valence-electron chi connectivity index (χ0n) is 21.4. The molecular weight excluding hydrogens is 458 g/mol. The van der Waals surface area contributed by atoms with Gasteiger partial charge in [-0.1, -0.05) is 6.07 Å². The fourth-order valence-electron chi connectivity index (χ4n) is 4.36. The van der Waals surface area contributed by atoms with Gasteiger partial charge in [0.1, 0.15) is 6.10 Å². The molecule has 2 bridgehead atoms. The molecule has 1 aromatic carbocycles. The number of hydrogen-bond acceptors (Lipinski definition) is 8. The fourth-order valence-corrected chi connectivity index (χ4v) is 4.36. The summed E-state index contributed by atoms with van der Waals surface area (Å²) in [6.07, 6.45) is 5.56. The highest BCUT2D eigenvalue weighted by molar-refractivity contribution is 6.05. The molecule has 0 unspecified atom stereocenters. The van der Waals surface area contributed by atoms with Crippen molar-refractivity contribution in [2.24, 2.45) is 10.7 Å². The van der Waals surface area contributed by atoms with Crippen LogP contribution in [-0.2, 0) is 11.3 Å². The van der Waals surface area contributed by atoms with Crippen molar-refractivity contribution in [2.45, 2.75) is 33.4 Å². The average molecular weight is 494 g/mol. The number of aromatic nitrogens is 4. The second kappa shape index (κ2) is 11.4. The van der Waals surface area contributed by atoms with Crippen molar-refractivity contribution in [2.75, 3.05) is 39.9 Å². The molecule has 4 N–H and O–H groups in total. The molecule has 0 saturated carbocycles. The Kier molecular flexibility index (Phi) is 8.07. The summed E-state index contributed by atoms with van der Waals surface area (Å²) in [6, 6.07) is 6.11. The van der Waals surface area contributed by atoms with Crippen molar-refractivity contribution in [3.63, 3.8) is 0 Å². The Hall–Kier alpha value is -3.63. The van der Waals surface area contributed by atoms with E-state index in [-0.39, 0.29) is 25.1 Å². The molecular formula is C26H35N7O3. The van der Waals surface area contributed by atoms with Gasteiger partial charge in [0.25, 0.3) is 0 Å². The number of H-pyrrole nitrogens is 1. The van der Waals surface area contributed by atoms with E-state index in [0.29, 0.717) is 31.8 Å². The third-order valence-corrected chi connectivity index (χ3v) is 5.98. The number of nitrogens with two attached hydrogens (primary N) is 1. The lowest BCUT2D eigenvalue weighted by atomic mass is 10.0. The van der Waals surface area contributed by atoms with Crippen LogP contribution in [0.25, 0.3) is 28.1 Å². The second-order valence-corrected chi connectivity index (χ2v) is 8.77. The van der Waals surface area contributed by atoms with Crippen LogP contribution in [0.5, 0.6) is 5.88 Å². The molecule has 3 aromatic rings. The molecule has 4 rings (SSSR count). The molecule has 192 valence electrons. The molecule has 10 nitrogen and oxygen atoms in total. The number of benzene rings is 1. The quantitative estimate of drug-likeness (QED) is 0.467. The van der Waals surface area contributed by atoms with Crippen LogP contribution >= 0.6 is 0 Å². The third-order valence-electron chi connectivity index (χ3n) is 5.98. The van der Waals surface area contributed by atoms with E-state index < -0.39 is 0 Å². The van der Waals surface area contributed by atoms with E-state index in [0.717, 1.165) is 39.3 Å². The number of likely N-dealkylation sites (N-methyl/N-ethyl adjacent to an activating group) is 1. The van der Waals surface area contributed by atoms with Crippen molar-refractivity contribution in [1.82, 2.24) is 24.9 Å². The van der Waals surface area contributed by atoms with Crippen molar-refractivity contribution in [3.8, 4) is 17.0 Å². The van der Waals surface area contributed by atoms with Crippen LogP contribution in [0.1, 0.15) is 26.5 Å². The molecule has 0 saturated heterocycles. The van der Waals surface area contributed by atoms with Gasteiger partial charge >= 0.3 is 0 Å². The summed E-state index contributed by atoms with van der Waals surface area (Å²) in [5.74, 6) is 1.02. The van der Waals surface area contributed by atoms with Crippen molar-refractivity contribution >= 4 is 22.7 Å². The molecule has 10 heteroatoms. The van der Waals surface area contributed by atoms with Crippen LogP contribution in [0.15, 0.2) is 46.9 Å². The summed E-state index contributed by atoms with van der Waals surface area (Å²) in [7, 11) is 2.00. The highest BCUT2D eigenvalue weighted by Gasteiger charge is 2.20. The molecule has 1 aliphatic heterocycles. The van der Waals surface area contributed by atoms with E-state index in [4.69, 9.17) is 15.2 Å². The Balaban J connectivity index is 1.90. The number of hydrogen-bond donors (Lipinski definition) is 3. The van der Waals surface area contributed by atoms with Gasteiger partial charge < -0.3 is 20.3 Å². The van der Waals surface area contributed by atoms with Crippen molar-refractivity contribution in [3.05, 3.63) is 47.6 Å². The van der Waals surface area contributed by atoms with Gasteiger partial charge in [-0.05, 0) is 57.7 Å². The van der Waals surface area contributed by atoms with Crippen LogP contribution in [0.4, 0.5) is 0 Å². The van der Waals surface area contributed by atoms with E-state index in [1.165, 1.54) is 0 Å². The lowest BCUT2D eigenvalue weighted by molar-refractivity contribution is 0.158. The second-order valence-electron chi connectivity index (χ2n) is 8.77. The lowest BCUT2D eigenvalue weighted by Crippen LogP contribution is -2.36. The first kappa shape index (κ1) is 25.5. The Morgan fingerprint density at radius 3 is 2.92 bits per heavy atom. The van der Waals surface area contributed by atoms with E-state index >= 15 is 0 Å². The first-order chi connectivity index (χ1) is 17.4. The number of aliphatic hydroxyl groups excluding tert-OH is 1. The van der Waals surface area contributed by atoms with Crippen molar-refractivity contribution in [1.29, 1.82) is 0 Å². The molecule has 0 aliphatic carbocycles. The first-order valence-corrected chi connectivity index (χ1v) is 12.3. The van der Waals surface area contributed by atoms with Crippen LogP contribution < -0.4 is 10.5 Å². The number of allylic oxidation sites excluding steroid dienone is 1. The van der Waals surface area contributed by atoms with Crippen LogP contribution in [0, 0.1) is 0 Å². The maximum atomic E-state index is 9.46. The number of ether oxygens (including phenoxy) is 2. The lowest BCUT2D eigenvalue weighted by Gasteiger charge is -2.24. The van der Waals surface area contributed by atoms with Gasteiger partial charge in [-0.15, -0.1) is 0 Å². The maximum absolute atomic E-state index is 9.46. The Labute approximate surface area is 211 Å². The molecule has 2 aromatic heterocycles. The van der Waals surface area contributed by atoms with Crippen LogP contribution in [-0.4, -0.2) is 81.7 Å². The SMILES string of the molecule is CCO/C(N)=C1\C=C\c2[nH]nc3ccc(cc23)-c2cnn(CC)c2O[C@@H](C)CN(C)CC1=NCCO. The topological polar surface area (TPSA) is 127 Å². The Morgan fingerprint density at radius 2 is 2.17 bits per heavy atom. The van der Waals surface area contributed by atoms with Gasteiger partial charge in [-0.2, -0.15) is 10.2 Å². The van der Waals surface area contributed by atoms with E-state index in [1.807, 2.05) is 63.0 Å². The molecule has 0 fully saturated rings. The molecule has 1 atom stereocenters. The highest BCUT2D eigenvalue weighted by atomic mass is 16.5. The third kappa shape index (κ3) is 5.44. The number of aliphatic imine (C=N–C) groups is 1. The van der Waals surface area contributed by atoms with E-state index in [9.17, 15) is 5.11 Å². The van der Waals surface area contributed by atoms with Crippen molar-refractivity contribution < 1.29 is 14.6 Å². The molecule has 3 heterocycles. The number of aryl methyl sites for hydroxylation is 1. The number of nitrogens with one attached hydrogen (secondary N) is 1. The summed E-state index contributed by atoms with van der Waals surface area (Å²) in [4.78, 5) is 6.76. The number of aliphatic hydroxyl groups is 1. The summed E-state index contributed by atoms with van der Waals surface area (Å²) in [6.45, 7) is 8.44. The standard InChI is InChI=1S/C26H35N7O3/c1-5-33-26-21(14-29-33)18-7-9-22-20(13-18)23(31-30-22)10-8-19(25(27)35-6-2)24(28-11-12-34)16-32(4)15-17(3)36-26/h7-10,13-14,17,34H,5-6,11-12,15-16,27H2,1-4H3,(H,30,31)/b10-8+,25-19+,28-24?/t17-/m0/s1. The predicted octanol–water partition coefficient (Wildman–Crippen LogP) is 2.81. The largest absolute Gasteiger partial charge is 0.479 e.